The summed E-state index contributed by atoms with van der Waals surface area (Å²) in [5.74, 6) is 2.23. The molecule has 3 aliphatic rings. The summed E-state index contributed by atoms with van der Waals surface area (Å²) >= 11 is 0. The van der Waals surface area contributed by atoms with Gasteiger partial charge in [0.25, 0.3) is 0 Å². The first-order valence-corrected chi connectivity index (χ1v) is 22.2. The van der Waals surface area contributed by atoms with Crippen molar-refractivity contribution in [1.82, 2.24) is 15.0 Å². The van der Waals surface area contributed by atoms with Gasteiger partial charge in [-0.25, -0.2) is 9.97 Å². The molecule has 13 rings (SSSR count). The Labute approximate surface area is 376 Å². The number of fused-ring (bicyclic) bond motifs is 11. The molecule has 6 nitrogen and oxygen atoms in total. The molecule has 0 radical (unpaired) electrons. The summed E-state index contributed by atoms with van der Waals surface area (Å²) in [5, 5.41) is 0. The summed E-state index contributed by atoms with van der Waals surface area (Å²) in [7, 11) is 0. The van der Waals surface area contributed by atoms with Crippen LogP contribution < -0.4 is 4.90 Å². The Morgan fingerprint density at radius 1 is 0.538 bits per heavy atom. The third-order valence-corrected chi connectivity index (χ3v) is 13.4. The maximum atomic E-state index is 6.45. The molecule has 1 aliphatic heterocycles. The van der Waals surface area contributed by atoms with Crippen molar-refractivity contribution >= 4 is 40.3 Å². The van der Waals surface area contributed by atoms with E-state index in [0.717, 1.165) is 62.5 Å². The fraction of sp³-hybridized carbons (Fsp3) is 0.0678. The van der Waals surface area contributed by atoms with Crippen molar-refractivity contribution in [1.29, 1.82) is 0 Å². The Morgan fingerprint density at radius 3 is 1.92 bits per heavy atom. The van der Waals surface area contributed by atoms with Crippen LogP contribution in [0.4, 0.5) is 17.1 Å². The van der Waals surface area contributed by atoms with Crippen LogP contribution in [0.15, 0.2) is 203 Å². The molecule has 1 spiro atoms. The van der Waals surface area contributed by atoms with E-state index >= 15 is 0 Å². The zero-order chi connectivity index (χ0) is 43.1. The number of oxazole rings is 2. The zero-order valence-electron chi connectivity index (χ0n) is 35.5. The summed E-state index contributed by atoms with van der Waals surface area (Å²) in [6.45, 7) is 2.21. The van der Waals surface area contributed by atoms with Crippen molar-refractivity contribution in [3.63, 3.8) is 0 Å². The fourth-order valence-electron chi connectivity index (χ4n) is 10.4. The predicted molar refractivity (Wildman–Crippen MR) is 261 cm³/mol. The number of pyridine rings is 1. The van der Waals surface area contributed by atoms with Crippen molar-refractivity contribution in [3.8, 4) is 56.3 Å². The summed E-state index contributed by atoms with van der Waals surface area (Å²) in [5.41, 5.74) is 18.9. The molecule has 2 aliphatic carbocycles. The van der Waals surface area contributed by atoms with Crippen LogP contribution in [0.25, 0.3) is 79.5 Å². The summed E-state index contributed by atoms with van der Waals surface area (Å²) in [4.78, 5) is 16.5. The summed E-state index contributed by atoms with van der Waals surface area (Å²) < 4.78 is 12.7. The number of anilines is 3. The number of hydrogen-bond donors (Lipinski definition) is 0. The van der Waals surface area contributed by atoms with E-state index in [1.165, 1.54) is 44.8 Å². The highest BCUT2D eigenvalue weighted by molar-refractivity contribution is 5.96. The number of hydrogen-bond acceptors (Lipinski definition) is 6. The van der Waals surface area contributed by atoms with Crippen LogP contribution in [-0.4, -0.2) is 15.0 Å². The van der Waals surface area contributed by atoms with Gasteiger partial charge in [-0.05, 0) is 135 Å². The highest BCUT2D eigenvalue weighted by Gasteiger charge is 2.51. The van der Waals surface area contributed by atoms with Crippen LogP contribution in [0.1, 0.15) is 47.1 Å². The van der Waals surface area contributed by atoms with E-state index in [-0.39, 0.29) is 0 Å². The van der Waals surface area contributed by atoms with E-state index in [1.807, 2.05) is 18.2 Å². The number of para-hydroxylation sites is 3. The monoisotopic (exact) mass is 836 g/mol. The highest BCUT2D eigenvalue weighted by atomic mass is 16.4. The van der Waals surface area contributed by atoms with Crippen LogP contribution in [0.2, 0.25) is 0 Å². The predicted octanol–water partition coefficient (Wildman–Crippen LogP) is 15.1. The highest BCUT2D eigenvalue weighted by Crippen LogP contribution is 2.63. The summed E-state index contributed by atoms with van der Waals surface area (Å²) in [6.07, 6.45) is 12.8. The molecule has 10 aromatic rings. The van der Waals surface area contributed by atoms with Crippen LogP contribution in [0.5, 0.6) is 0 Å². The van der Waals surface area contributed by atoms with Gasteiger partial charge < -0.3 is 13.7 Å². The molecular weight excluding hydrogens is 797 g/mol. The number of allylic oxidation sites excluding steroid dienone is 2. The lowest BCUT2D eigenvalue weighted by Gasteiger charge is -2.45. The van der Waals surface area contributed by atoms with Crippen molar-refractivity contribution in [2.24, 2.45) is 5.92 Å². The van der Waals surface area contributed by atoms with E-state index in [9.17, 15) is 0 Å². The molecule has 0 saturated carbocycles. The maximum Gasteiger partial charge on any atom is 0.227 e. The number of rotatable bonds is 5. The standard InChI is InChI=1S/C59H40N4O2/c1-37-12-11-21-55-51(29-22-37)61-57(64-55)42-32-41(33-43(34-42)58-62-52-30-31-60-36-56(52)65-58)39-25-23-38(24-26-39)40-27-28-46-45-15-5-6-16-47(45)59(50(46)35-40)48-17-7-9-19-53(48)63(44-13-3-2-4-14-44)54-20-10-8-18-49(54)59/h2-11,13-37H,12H2,1H3/b21-11+,29-22-. The number of nitrogens with zero attached hydrogens (tertiary/aromatic N) is 4. The molecule has 0 amide bonds. The fourth-order valence-corrected chi connectivity index (χ4v) is 10.4. The lowest BCUT2D eigenvalue weighted by molar-refractivity contribution is 0.563. The lowest BCUT2D eigenvalue weighted by atomic mass is 9.64. The van der Waals surface area contributed by atoms with Crippen LogP contribution in [0, 0.1) is 5.92 Å². The first-order valence-electron chi connectivity index (χ1n) is 22.2. The second-order valence-electron chi connectivity index (χ2n) is 17.2. The van der Waals surface area contributed by atoms with E-state index < -0.39 is 5.41 Å². The Balaban J connectivity index is 0.939. The Morgan fingerprint density at radius 2 is 1.17 bits per heavy atom. The van der Waals surface area contributed by atoms with Gasteiger partial charge in [0.15, 0.2) is 11.3 Å². The van der Waals surface area contributed by atoms with Gasteiger partial charge >= 0.3 is 0 Å². The normalized spacial score (nSPS) is 16.2. The molecule has 308 valence electrons. The molecule has 0 fully saturated rings. The SMILES string of the molecule is CC1/C=C\c2nc(-c3cc(-c4ccc(-c5ccc6c(c5)C5(c7ccccc7-6)c6ccccc6N(c6ccccc6)c6ccccc65)cc4)cc(-c4nc5ccncc5o4)c3)oc2/C=C/C1. The van der Waals surface area contributed by atoms with Crippen molar-refractivity contribution in [2.75, 3.05) is 4.90 Å². The molecular formula is C59H40N4O2. The van der Waals surface area contributed by atoms with Gasteiger partial charge in [-0.3, -0.25) is 4.98 Å². The minimum absolute atomic E-state index is 0.423. The lowest BCUT2D eigenvalue weighted by Crippen LogP contribution is -2.36. The Bertz CT molecular complexity index is 3480. The minimum atomic E-state index is -0.529. The molecule has 1 atom stereocenters. The molecule has 4 heterocycles. The van der Waals surface area contributed by atoms with Gasteiger partial charge in [0.1, 0.15) is 11.2 Å². The molecule has 0 N–H and O–H groups in total. The second-order valence-corrected chi connectivity index (χ2v) is 17.2. The van der Waals surface area contributed by atoms with Crippen molar-refractivity contribution in [2.45, 2.75) is 18.8 Å². The molecule has 7 aromatic carbocycles. The maximum absolute atomic E-state index is 6.45. The average molecular weight is 837 g/mol. The second kappa shape index (κ2) is 14.6. The first-order chi connectivity index (χ1) is 32.1. The largest absolute Gasteiger partial charge is 0.436 e. The third-order valence-electron chi connectivity index (χ3n) is 13.4. The van der Waals surface area contributed by atoms with Gasteiger partial charge in [-0.15, -0.1) is 0 Å². The van der Waals surface area contributed by atoms with Crippen LogP contribution >= 0.6 is 0 Å². The Kier molecular flexibility index (Phi) is 8.37. The molecule has 0 saturated heterocycles. The van der Waals surface area contributed by atoms with E-state index in [4.69, 9.17) is 18.8 Å². The molecule has 65 heavy (non-hydrogen) atoms. The quantitative estimate of drug-likeness (QED) is 0.172. The third kappa shape index (κ3) is 5.84. The minimum Gasteiger partial charge on any atom is -0.436 e. The van der Waals surface area contributed by atoms with Gasteiger partial charge in [0.05, 0.1) is 23.0 Å². The van der Waals surface area contributed by atoms with Gasteiger partial charge in [-0.2, -0.15) is 0 Å². The van der Waals surface area contributed by atoms with Gasteiger partial charge in [0.2, 0.25) is 11.8 Å². The smallest absolute Gasteiger partial charge is 0.227 e. The number of benzene rings is 7. The summed E-state index contributed by atoms with van der Waals surface area (Å²) in [6, 6.07) is 61.7. The van der Waals surface area contributed by atoms with Gasteiger partial charge in [-0.1, -0.05) is 134 Å². The topological polar surface area (TPSA) is 68.2 Å². The number of aromatic nitrogens is 3. The van der Waals surface area contributed by atoms with Gasteiger partial charge in [0, 0.05) is 23.0 Å². The van der Waals surface area contributed by atoms with Crippen LogP contribution in [0.3, 0.4) is 0 Å². The van der Waals surface area contributed by atoms with E-state index in [2.05, 4.69) is 193 Å². The molecule has 1 unspecified atom stereocenters. The van der Waals surface area contributed by atoms with E-state index in [0.29, 0.717) is 23.3 Å². The molecule has 6 heteroatoms. The zero-order valence-corrected chi connectivity index (χ0v) is 35.5. The van der Waals surface area contributed by atoms with Crippen LogP contribution in [-0.2, 0) is 5.41 Å². The molecule has 3 aromatic heterocycles. The van der Waals surface area contributed by atoms with E-state index in [1.54, 1.807) is 12.4 Å². The molecule has 0 bridgehead atoms. The average Bonchev–Trinajstić information content (AvgIpc) is 4.06. The van der Waals surface area contributed by atoms with Crippen molar-refractivity contribution < 1.29 is 8.83 Å². The first kappa shape index (κ1) is 37.2. The van der Waals surface area contributed by atoms with Crippen molar-refractivity contribution in [3.05, 3.63) is 228 Å². The Hall–Kier alpha value is -8.35.